The summed E-state index contributed by atoms with van der Waals surface area (Å²) >= 11 is 0. The van der Waals surface area contributed by atoms with E-state index in [0.717, 1.165) is 37.8 Å². The van der Waals surface area contributed by atoms with Crippen LogP contribution in [-0.4, -0.2) is 51.5 Å². The van der Waals surface area contributed by atoms with Crippen LogP contribution in [0.5, 0.6) is 0 Å². The molecule has 4 N–H and O–H groups in total. The predicted octanol–water partition coefficient (Wildman–Crippen LogP) is 2.64. The number of rotatable bonds is 5. The molecule has 2 aromatic heterocycles. The van der Waals surface area contributed by atoms with Crippen molar-refractivity contribution in [1.82, 2.24) is 19.9 Å². The molecule has 1 aliphatic rings. The van der Waals surface area contributed by atoms with E-state index in [9.17, 15) is 13.2 Å². The van der Waals surface area contributed by atoms with Crippen molar-refractivity contribution in [3.63, 3.8) is 0 Å². The average Bonchev–Trinajstić information content (AvgIpc) is 3.14. The van der Waals surface area contributed by atoms with Gasteiger partial charge in [-0.2, -0.15) is 13.2 Å². The Labute approximate surface area is 154 Å². The van der Waals surface area contributed by atoms with Gasteiger partial charge < -0.3 is 15.6 Å². The van der Waals surface area contributed by atoms with Crippen LogP contribution in [0, 0.1) is 11.3 Å². The molecule has 0 bridgehead atoms. The molecule has 0 aliphatic carbocycles. The lowest BCUT2D eigenvalue weighted by atomic mass is 9.98. The van der Waals surface area contributed by atoms with Crippen molar-refractivity contribution in [1.29, 1.82) is 5.41 Å². The van der Waals surface area contributed by atoms with Gasteiger partial charge >= 0.3 is 6.18 Å². The summed E-state index contributed by atoms with van der Waals surface area (Å²) in [4.78, 5) is 17.6. The molecule has 27 heavy (non-hydrogen) atoms. The number of aromatic amines is 1. The van der Waals surface area contributed by atoms with E-state index in [1.807, 2.05) is 6.07 Å². The van der Waals surface area contributed by atoms with Crippen LogP contribution in [0.25, 0.3) is 17.5 Å². The van der Waals surface area contributed by atoms with Gasteiger partial charge in [0.1, 0.15) is 23.7 Å². The molecule has 1 aliphatic heterocycles. The Morgan fingerprint density at radius 1 is 1.37 bits per heavy atom. The Bertz CT molecular complexity index is 828. The minimum absolute atomic E-state index is 0.209. The second-order valence-electron chi connectivity index (χ2n) is 6.38. The van der Waals surface area contributed by atoms with Crippen molar-refractivity contribution >= 4 is 17.6 Å². The van der Waals surface area contributed by atoms with E-state index in [2.05, 4.69) is 24.8 Å². The van der Waals surface area contributed by atoms with Crippen LogP contribution in [0.4, 0.5) is 19.0 Å². The molecule has 1 unspecified atom stereocenters. The number of H-pyrrole nitrogens is 1. The third-order valence-corrected chi connectivity index (χ3v) is 4.41. The molecule has 0 spiro atoms. The van der Waals surface area contributed by atoms with Gasteiger partial charge in [0.15, 0.2) is 0 Å². The summed E-state index contributed by atoms with van der Waals surface area (Å²) in [5, 5.41) is 6.95. The van der Waals surface area contributed by atoms with Gasteiger partial charge in [-0.3, -0.25) is 5.41 Å². The third-order valence-electron chi connectivity index (χ3n) is 4.41. The average molecular weight is 379 g/mol. The summed E-state index contributed by atoms with van der Waals surface area (Å²) in [5.41, 5.74) is 5.49. The van der Waals surface area contributed by atoms with E-state index in [0.29, 0.717) is 29.9 Å². The molecular weight excluding hydrogens is 359 g/mol. The van der Waals surface area contributed by atoms with Gasteiger partial charge in [0.2, 0.25) is 0 Å². The number of allylic oxidation sites excluding steroid dienone is 1. The monoisotopic (exact) mass is 379 g/mol. The van der Waals surface area contributed by atoms with Gasteiger partial charge in [-0.1, -0.05) is 0 Å². The Balaban J connectivity index is 1.75. The number of hydrogen-bond donors (Lipinski definition) is 3. The Morgan fingerprint density at radius 2 is 2.19 bits per heavy atom. The molecule has 1 atom stereocenters. The number of aromatic nitrogens is 4. The number of halogens is 3. The van der Waals surface area contributed by atoms with Crippen LogP contribution in [0.3, 0.4) is 0 Å². The summed E-state index contributed by atoms with van der Waals surface area (Å²) in [6.07, 6.45) is 2.18. The van der Waals surface area contributed by atoms with Gasteiger partial charge in [-0.15, -0.1) is 0 Å². The van der Waals surface area contributed by atoms with Gasteiger partial charge in [-0.25, -0.2) is 15.0 Å². The molecule has 7 nitrogen and oxygen atoms in total. The Kier molecular flexibility index (Phi) is 5.54. The standard InChI is InChI=1S/C17H20F3N7/c18-17(19,20)14(22)3-4-15-23-8-13(26-15)12-6-16(25-10-24-12)27-5-1-2-11(7-21)9-27/h3-4,6,8,10-11,22H,1-2,5,7,9,21H2,(H,23,26)/b4-3-,22-14?. The SMILES string of the molecule is N=C(/C=C\c1ncc(-c2cc(N3CCCC(CN)C3)ncn2)[nH]1)C(F)(F)F. The topological polar surface area (TPSA) is 108 Å². The van der Waals surface area contributed by atoms with Crippen molar-refractivity contribution < 1.29 is 13.2 Å². The predicted molar refractivity (Wildman–Crippen MR) is 96.4 cm³/mol. The number of piperidine rings is 1. The van der Waals surface area contributed by atoms with Crippen LogP contribution in [-0.2, 0) is 0 Å². The molecule has 2 aromatic rings. The Hall–Kier alpha value is -2.75. The lowest BCUT2D eigenvalue weighted by Gasteiger charge is -2.33. The quantitative estimate of drug-likeness (QED) is 0.692. The fourth-order valence-corrected chi connectivity index (χ4v) is 2.94. The molecule has 0 aromatic carbocycles. The number of nitrogens with one attached hydrogen (secondary N) is 2. The zero-order chi connectivity index (χ0) is 19.4. The van der Waals surface area contributed by atoms with E-state index >= 15 is 0 Å². The summed E-state index contributed by atoms with van der Waals surface area (Å²) in [5.74, 6) is 1.43. The first-order valence-electron chi connectivity index (χ1n) is 8.53. The van der Waals surface area contributed by atoms with Crippen molar-refractivity contribution in [3.05, 3.63) is 30.5 Å². The fraction of sp³-hybridized carbons (Fsp3) is 0.412. The zero-order valence-electron chi connectivity index (χ0n) is 14.5. The molecule has 0 radical (unpaired) electrons. The van der Waals surface area contributed by atoms with Crippen LogP contribution >= 0.6 is 0 Å². The van der Waals surface area contributed by atoms with E-state index in [-0.39, 0.29) is 5.82 Å². The van der Waals surface area contributed by atoms with Gasteiger partial charge in [0.05, 0.1) is 17.6 Å². The van der Waals surface area contributed by atoms with Gasteiger partial charge in [0, 0.05) is 19.2 Å². The molecule has 10 heteroatoms. The third kappa shape index (κ3) is 4.70. The number of hydrogen-bond acceptors (Lipinski definition) is 6. The van der Waals surface area contributed by atoms with E-state index in [1.54, 1.807) is 0 Å². The fourth-order valence-electron chi connectivity index (χ4n) is 2.94. The van der Waals surface area contributed by atoms with E-state index in [1.165, 1.54) is 12.5 Å². The van der Waals surface area contributed by atoms with Crippen molar-refractivity contribution in [2.75, 3.05) is 24.5 Å². The molecule has 3 heterocycles. The Morgan fingerprint density at radius 3 is 2.93 bits per heavy atom. The summed E-state index contributed by atoms with van der Waals surface area (Å²) in [6, 6.07) is 1.82. The summed E-state index contributed by atoms with van der Waals surface area (Å²) in [6.45, 7) is 2.37. The van der Waals surface area contributed by atoms with Gasteiger partial charge in [-0.05, 0) is 37.5 Å². The lowest BCUT2D eigenvalue weighted by Crippen LogP contribution is -2.38. The number of nitrogens with two attached hydrogens (primary N) is 1. The van der Waals surface area contributed by atoms with Gasteiger partial charge in [0.25, 0.3) is 0 Å². The first-order chi connectivity index (χ1) is 12.9. The molecule has 1 saturated heterocycles. The molecule has 1 fully saturated rings. The van der Waals surface area contributed by atoms with Crippen LogP contribution < -0.4 is 10.6 Å². The number of nitrogens with zero attached hydrogens (tertiary/aromatic N) is 4. The molecule has 144 valence electrons. The first-order valence-corrected chi connectivity index (χ1v) is 8.53. The normalized spacial score (nSPS) is 18.2. The minimum atomic E-state index is -4.68. The molecule has 3 rings (SSSR count). The van der Waals surface area contributed by atoms with Crippen LogP contribution in [0.15, 0.2) is 24.7 Å². The van der Waals surface area contributed by atoms with Crippen molar-refractivity contribution in [2.24, 2.45) is 11.7 Å². The highest BCUT2D eigenvalue weighted by Crippen LogP contribution is 2.24. The molecule has 0 saturated carbocycles. The maximum atomic E-state index is 12.4. The van der Waals surface area contributed by atoms with Crippen LogP contribution in [0.2, 0.25) is 0 Å². The second-order valence-corrected chi connectivity index (χ2v) is 6.38. The second kappa shape index (κ2) is 7.87. The van der Waals surface area contributed by atoms with E-state index < -0.39 is 11.9 Å². The number of anilines is 1. The maximum Gasteiger partial charge on any atom is 0.432 e. The van der Waals surface area contributed by atoms with Crippen molar-refractivity contribution in [2.45, 2.75) is 19.0 Å². The summed E-state index contributed by atoms with van der Waals surface area (Å²) in [7, 11) is 0. The van der Waals surface area contributed by atoms with Crippen molar-refractivity contribution in [3.8, 4) is 11.4 Å². The largest absolute Gasteiger partial charge is 0.432 e. The lowest BCUT2D eigenvalue weighted by molar-refractivity contribution is -0.0583. The van der Waals surface area contributed by atoms with E-state index in [4.69, 9.17) is 11.1 Å². The minimum Gasteiger partial charge on any atom is -0.356 e. The smallest absolute Gasteiger partial charge is 0.356 e. The highest BCUT2D eigenvalue weighted by atomic mass is 19.4. The molecular formula is C17H20F3N7. The highest BCUT2D eigenvalue weighted by Gasteiger charge is 2.32. The number of alkyl halides is 3. The highest BCUT2D eigenvalue weighted by molar-refractivity contribution is 5.99. The number of imidazole rings is 1. The maximum absolute atomic E-state index is 12.4. The first kappa shape index (κ1) is 19.0. The molecule has 0 amide bonds. The zero-order valence-corrected chi connectivity index (χ0v) is 14.5. The summed E-state index contributed by atoms with van der Waals surface area (Å²) < 4.78 is 37.1. The van der Waals surface area contributed by atoms with Crippen LogP contribution in [0.1, 0.15) is 18.7 Å².